The Balaban J connectivity index is 1.58. The van der Waals surface area contributed by atoms with Gasteiger partial charge in [0.2, 0.25) is 23.5 Å². The van der Waals surface area contributed by atoms with Gasteiger partial charge in [0.25, 0.3) is 0 Å². The second kappa shape index (κ2) is 7.87. The molecule has 0 aliphatic rings. The number of anilines is 2. The summed E-state index contributed by atoms with van der Waals surface area (Å²) < 4.78 is 4.62. The summed E-state index contributed by atoms with van der Waals surface area (Å²) in [5.74, 6) is -0.384. The van der Waals surface area contributed by atoms with Gasteiger partial charge in [-0.15, -0.1) is 0 Å². The standard InChI is InChI=1S/C18H16N4O3/c23-15(11-13-7-3-1-4-8-13)19-17-18(22-25-21-17)20-16(24)12-14-9-5-2-6-10-14/h1-10H,11-12H2,(H,19,21,23)(H,20,22,24). The largest absolute Gasteiger partial charge is 0.304 e. The number of hydrogen-bond donors (Lipinski definition) is 2. The van der Waals surface area contributed by atoms with E-state index in [9.17, 15) is 9.59 Å². The maximum Gasteiger partial charge on any atom is 0.230 e. The van der Waals surface area contributed by atoms with Crippen LogP contribution in [0.3, 0.4) is 0 Å². The van der Waals surface area contributed by atoms with E-state index in [1.807, 2.05) is 60.7 Å². The van der Waals surface area contributed by atoms with Gasteiger partial charge in [0.15, 0.2) is 0 Å². The minimum Gasteiger partial charge on any atom is -0.304 e. The Morgan fingerprint density at radius 3 is 1.52 bits per heavy atom. The Bertz CT molecular complexity index is 777. The molecule has 7 nitrogen and oxygen atoms in total. The predicted octanol–water partition coefficient (Wildman–Crippen LogP) is 2.43. The molecule has 1 aromatic heterocycles. The number of carbonyl (C=O) groups is 2. The van der Waals surface area contributed by atoms with Crippen molar-refractivity contribution in [3.63, 3.8) is 0 Å². The number of nitrogens with one attached hydrogen (secondary N) is 2. The molecule has 126 valence electrons. The van der Waals surface area contributed by atoms with E-state index in [0.29, 0.717) is 0 Å². The van der Waals surface area contributed by atoms with Gasteiger partial charge in [0, 0.05) is 0 Å². The first-order valence-electron chi connectivity index (χ1n) is 7.71. The summed E-state index contributed by atoms with van der Waals surface area (Å²) in [4.78, 5) is 24.2. The lowest BCUT2D eigenvalue weighted by molar-refractivity contribution is -0.116. The molecule has 3 rings (SSSR count). The fourth-order valence-corrected chi connectivity index (χ4v) is 2.27. The highest BCUT2D eigenvalue weighted by molar-refractivity contribution is 5.98. The molecule has 0 bridgehead atoms. The highest BCUT2D eigenvalue weighted by Crippen LogP contribution is 2.16. The fraction of sp³-hybridized carbons (Fsp3) is 0.111. The molecule has 2 aromatic carbocycles. The monoisotopic (exact) mass is 336 g/mol. The number of amides is 2. The number of aromatic nitrogens is 2. The first-order valence-corrected chi connectivity index (χ1v) is 7.71. The van der Waals surface area contributed by atoms with Crippen LogP contribution in [0.15, 0.2) is 65.3 Å². The van der Waals surface area contributed by atoms with Crippen molar-refractivity contribution in [1.82, 2.24) is 10.3 Å². The van der Waals surface area contributed by atoms with Gasteiger partial charge in [0.05, 0.1) is 12.8 Å². The van der Waals surface area contributed by atoms with Crippen LogP contribution in [0, 0.1) is 0 Å². The molecule has 0 fully saturated rings. The lowest BCUT2D eigenvalue weighted by atomic mass is 10.1. The van der Waals surface area contributed by atoms with E-state index in [1.165, 1.54) is 0 Å². The fourth-order valence-electron chi connectivity index (χ4n) is 2.27. The van der Waals surface area contributed by atoms with Crippen molar-refractivity contribution < 1.29 is 14.2 Å². The number of carbonyl (C=O) groups excluding carboxylic acids is 2. The molecule has 0 atom stereocenters. The second-order valence-corrected chi connectivity index (χ2v) is 5.38. The van der Waals surface area contributed by atoms with Crippen LogP contribution in [0.5, 0.6) is 0 Å². The number of hydrogen-bond acceptors (Lipinski definition) is 5. The molecule has 25 heavy (non-hydrogen) atoms. The summed E-state index contributed by atoms with van der Waals surface area (Å²) in [7, 11) is 0. The normalized spacial score (nSPS) is 10.2. The Hall–Kier alpha value is -3.48. The zero-order chi connectivity index (χ0) is 17.5. The van der Waals surface area contributed by atoms with Crippen LogP contribution < -0.4 is 10.6 Å². The van der Waals surface area contributed by atoms with Crippen molar-refractivity contribution in [3.8, 4) is 0 Å². The maximum absolute atomic E-state index is 12.1. The van der Waals surface area contributed by atoms with Gasteiger partial charge in [-0.05, 0) is 21.4 Å². The molecule has 0 aliphatic heterocycles. The van der Waals surface area contributed by atoms with Crippen molar-refractivity contribution in [2.45, 2.75) is 12.8 Å². The van der Waals surface area contributed by atoms with Gasteiger partial charge < -0.3 is 10.6 Å². The molecule has 7 heteroatoms. The molecule has 0 saturated heterocycles. The third-order valence-electron chi connectivity index (χ3n) is 3.42. The third kappa shape index (κ3) is 4.74. The minimum absolute atomic E-state index is 0.0855. The SMILES string of the molecule is O=C(Cc1ccccc1)Nc1nonc1NC(=O)Cc1ccccc1. The van der Waals surface area contributed by atoms with Gasteiger partial charge in [0.1, 0.15) is 0 Å². The van der Waals surface area contributed by atoms with Gasteiger partial charge >= 0.3 is 0 Å². The quantitative estimate of drug-likeness (QED) is 0.720. The minimum atomic E-state index is -0.277. The number of benzene rings is 2. The molecule has 0 unspecified atom stereocenters. The number of nitrogens with zero attached hydrogens (tertiary/aromatic N) is 2. The summed E-state index contributed by atoms with van der Waals surface area (Å²) in [6.45, 7) is 0. The molecule has 3 aromatic rings. The predicted molar refractivity (Wildman–Crippen MR) is 91.8 cm³/mol. The molecule has 2 amide bonds. The van der Waals surface area contributed by atoms with Gasteiger partial charge in [-0.2, -0.15) is 0 Å². The van der Waals surface area contributed by atoms with Crippen LogP contribution in [0.1, 0.15) is 11.1 Å². The van der Waals surface area contributed by atoms with Crippen molar-refractivity contribution in [3.05, 3.63) is 71.8 Å². The van der Waals surface area contributed by atoms with Crippen molar-refractivity contribution in [1.29, 1.82) is 0 Å². The van der Waals surface area contributed by atoms with E-state index < -0.39 is 0 Å². The van der Waals surface area contributed by atoms with Crippen LogP contribution in [0.2, 0.25) is 0 Å². The summed E-state index contributed by atoms with van der Waals surface area (Å²) in [6.07, 6.45) is 0.371. The second-order valence-electron chi connectivity index (χ2n) is 5.38. The molecule has 0 aliphatic carbocycles. The first-order chi connectivity index (χ1) is 12.2. The lowest BCUT2D eigenvalue weighted by Crippen LogP contribution is -2.19. The highest BCUT2D eigenvalue weighted by atomic mass is 16.6. The van der Waals surface area contributed by atoms with Crippen molar-refractivity contribution in [2.75, 3.05) is 10.6 Å². The average Bonchev–Trinajstić information content (AvgIpc) is 3.03. The lowest BCUT2D eigenvalue weighted by Gasteiger charge is -2.05. The smallest absolute Gasteiger partial charge is 0.230 e. The average molecular weight is 336 g/mol. The molecule has 2 N–H and O–H groups in total. The molecule has 0 radical (unpaired) electrons. The van der Waals surface area contributed by atoms with Crippen LogP contribution in [-0.4, -0.2) is 22.1 Å². The third-order valence-corrected chi connectivity index (χ3v) is 3.42. The van der Waals surface area contributed by atoms with Gasteiger partial charge in [-0.3, -0.25) is 9.59 Å². The van der Waals surface area contributed by atoms with Crippen LogP contribution in [-0.2, 0) is 22.4 Å². The molecule has 0 saturated carbocycles. The van der Waals surface area contributed by atoms with E-state index in [2.05, 4.69) is 25.6 Å². The van der Waals surface area contributed by atoms with Gasteiger partial charge in [-0.25, -0.2) is 4.63 Å². The Labute approximate surface area is 144 Å². The van der Waals surface area contributed by atoms with E-state index in [0.717, 1.165) is 11.1 Å². The van der Waals surface area contributed by atoms with E-state index in [4.69, 9.17) is 0 Å². The molecule has 0 spiro atoms. The summed E-state index contributed by atoms with van der Waals surface area (Å²) in [6, 6.07) is 18.6. The highest BCUT2D eigenvalue weighted by Gasteiger charge is 2.16. The zero-order valence-corrected chi connectivity index (χ0v) is 13.3. The molecular formula is C18H16N4O3. The molecular weight excluding hydrogens is 320 g/mol. The summed E-state index contributed by atoms with van der Waals surface area (Å²) >= 11 is 0. The topological polar surface area (TPSA) is 97.1 Å². The van der Waals surface area contributed by atoms with Crippen LogP contribution in [0.25, 0.3) is 0 Å². The van der Waals surface area contributed by atoms with E-state index in [-0.39, 0.29) is 36.3 Å². The molecule has 1 heterocycles. The van der Waals surface area contributed by atoms with Gasteiger partial charge in [-0.1, -0.05) is 60.7 Å². The Morgan fingerprint density at radius 2 is 1.12 bits per heavy atom. The first kappa shape index (κ1) is 16.4. The van der Waals surface area contributed by atoms with Crippen molar-refractivity contribution in [2.24, 2.45) is 0 Å². The summed E-state index contributed by atoms with van der Waals surface area (Å²) in [5, 5.41) is 12.4. The van der Waals surface area contributed by atoms with Crippen LogP contribution >= 0.6 is 0 Å². The Morgan fingerprint density at radius 1 is 0.720 bits per heavy atom. The van der Waals surface area contributed by atoms with Crippen molar-refractivity contribution >= 4 is 23.5 Å². The summed E-state index contributed by atoms with van der Waals surface area (Å²) in [5.41, 5.74) is 1.73. The van der Waals surface area contributed by atoms with E-state index in [1.54, 1.807) is 0 Å². The van der Waals surface area contributed by atoms with Crippen LogP contribution in [0.4, 0.5) is 11.6 Å². The Kier molecular flexibility index (Phi) is 5.16. The number of rotatable bonds is 6. The van der Waals surface area contributed by atoms with E-state index >= 15 is 0 Å². The zero-order valence-electron chi connectivity index (χ0n) is 13.3. The maximum atomic E-state index is 12.1.